The molecule has 1 amide bonds. The zero-order valence-electron chi connectivity index (χ0n) is 51.5. The topological polar surface area (TPSA) is 108 Å². The monoisotopic (exact) mass is 1120 g/mol. The van der Waals surface area contributed by atoms with E-state index in [0.29, 0.717) is 17.4 Å². The number of phosphoric ester groups is 1. The second-order valence-electron chi connectivity index (χ2n) is 22.4. The van der Waals surface area contributed by atoms with E-state index in [1.54, 1.807) is 6.08 Å². The quantitative estimate of drug-likeness (QED) is 0.0272. The molecule has 0 aliphatic rings. The van der Waals surface area contributed by atoms with Crippen LogP contribution in [0.2, 0.25) is 0 Å². The largest absolute Gasteiger partial charge is 0.756 e. The van der Waals surface area contributed by atoms with Gasteiger partial charge in [-0.15, -0.1) is 0 Å². The number of amides is 1. The third-order valence-corrected chi connectivity index (χ3v) is 14.6. The summed E-state index contributed by atoms with van der Waals surface area (Å²) in [5.41, 5.74) is 0. The highest BCUT2D eigenvalue weighted by molar-refractivity contribution is 7.45. The molecule has 0 spiro atoms. The minimum absolute atomic E-state index is 0.0167. The number of hydrogen-bond donors (Lipinski definition) is 2. The van der Waals surface area contributed by atoms with Crippen molar-refractivity contribution in [2.24, 2.45) is 0 Å². The molecule has 0 rings (SSSR count). The Hall–Kier alpha value is -3.36. The Balaban J connectivity index is 4.30. The van der Waals surface area contributed by atoms with Gasteiger partial charge in [0.1, 0.15) is 13.2 Å². The lowest BCUT2D eigenvalue weighted by Crippen LogP contribution is -2.45. The van der Waals surface area contributed by atoms with Crippen LogP contribution in [0, 0.1) is 0 Å². The third-order valence-electron chi connectivity index (χ3n) is 13.6. The summed E-state index contributed by atoms with van der Waals surface area (Å²) >= 11 is 0. The van der Waals surface area contributed by atoms with Gasteiger partial charge in [0.05, 0.1) is 39.9 Å². The van der Waals surface area contributed by atoms with Gasteiger partial charge >= 0.3 is 0 Å². The number of likely N-dealkylation sites (N-methyl/N-ethyl adjacent to an activating group) is 1. The van der Waals surface area contributed by atoms with E-state index in [0.717, 1.165) is 96.3 Å². The van der Waals surface area contributed by atoms with Crippen molar-refractivity contribution in [2.75, 3.05) is 40.9 Å². The molecule has 452 valence electrons. The Labute approximate surface area is 487 Å². The molecule has 0 aromatic carbocycles. The minimum atomic E-state index is -4.62. The fourth-order valence-electron chi connectivity index (χ4n) is 8.65. The molecule has 0 aromatic heterocycles. The number of aliphatic hydroxyl groups excluding tert-OH is 1. The van der Waals surface area contributed by atoms with Gasteiger partial charge in [-0.3, -0.25) is 9.36 Å². The molecular weight excluding hydrogens is 996 g/mol. The summed E-state index contributed by atoms with van der Waals surface area (Å²) < 4.78 is 23.4. The Kier molecular flexibility index (Phi) is 56.7. The van der Waals surface area contributed by atoms with Crippen LogP contribution < -0.4 is 10.2 Å². The van der Waals surface area contributed by atoms with Crippen LogP contribution in [0.4, 0.5) is 0 Å². The van der Waals surface area contributed by atoms with E-state index in [4.69, 9.17) is 9.05 Å². The molecular formula is C70H121N2O6P. The van der Waals surface area contributed by atoms with E-state index in [1.807, 2.05) is 27.2 Å². The highest BCUT2D eigenvalue weighted by atomic mass is 31.2. The zero-order chi connectivity index (χ0) is 57.7. The normalized spacial score (nSPS) is 14.7. The molecule has 8 nitrogen and oxygen atoms in total. The second kappa shape index (κ2) is 59.3. The van der Waals surface area contributed by atoms with Crippen molar-refractivity contribution in [1.29, 1.82) is 0 Å². The molecule has 0 saturated heterocycles. The molecule has 2 N–H and O–H groups in total. The van der Waals surface area contributed by atoms with Crippen LogP contribution >= 0.6 is 7.82 Å². The maximum Gasteiger partial charge on any atom is 0.268 e. The number of carbonyl (C=O) groups is 1. The molecule has 0 aliphatic carbocycles. The predicted molar refractivity (Wildman–Crippen MR) is 343 cm³/mol. The van der Waals surface area contributed by atoms with E-state index in [2.05, 4.69) is 141 Å². The van der Waals surface area contributed by atoms with Gasteiger partial charge in [0.2, 0.25) is 5.91 Å². The predicted octanol–water partition coefficient (Wildman–Crippen LogP) is 19.6. The summed E-state index contributed by atoms with van der Waals surface area (Å²) in [6.45, 7) is 4.51. The first kappa shape index (κ1) is 75.6. The summed E-state index contributed by atoms with van der Waals surface area (Å²) in [4.78, 5) is 25.6. The summed E-state index contributed by atoms with van der Waals surface area (Å²) in [7, 11) is 1.22. The van der Waals surface area contributed by atoms with Crippen LogP contribution in [-0.4, -0.2) is 68.5 Å². The number of unbranched alkanes of at least 4 members (excludes halogenated alkanes) is 24. The van der Waals surface area contributed by atoms with Crippen LogP contribution in [-0.2, 0) is 18.4 Å². The maximum absolute atomic E-state index is 13.0. The van der Waals surface area contributed by atoms with E-state index >= 15 is 0 Å². The molecule has 0 bridgehead atoms. The SMILES string of the molecule is CC/C=C\C/C=C\C/C=C\C/C=C\C/C=C\C/C=C\C/C=C\C/C=C\C/C=C\C/C=C\CCCCC(=O)NC(COP(=O)([O-])OCC[N+](C)(C)C)C(O)/C=C/CCCCCCCCCCCCCCCCCCCCCCCC. The van der Waals surface area contributed by atoms with Crippen LogP contribution in [0.25, 0.3) is 0 Å². The standard InChI is InChI=1S/C70H121N2O6P/c1-6-8-10-12-14-16-18-20-22-24-26-28-30-32-33-34-35-36-37-38-39-40-42-44-46-48-50-52-54-56-58-60-62-64-70(74)71-68(67-78-79(75,76)77-66-65-72(3,4)5)69(73)63-61-59-57-55-53-51-49-47-45-43-41-31-29-27-25-23-21-19-17-15-13-11-9-7-2/h8,10,14,16,20,22,26,28,32-33,35-36,38-39,42,44,48,50,54,56,61,63,68-69,73H,6-7,9,11-13,15,17-19,21,23-25,27,29-31,34,37,40-41,43,45-47,49,51-53,55,57-60,62,64-67H2,1-5H3,(H-,71,74,75,76)/b10-8-,16-14-,22-20-,28-26-,33-32-,36-35-,39-38-,44-42-,50-48-,56-54-,63-61+. The molecule has 0 aliphatic heterocycles. The van der Waals surface area contributed by atoms with Crippen molar-refractivity contribution in [3.05, 3.63) is 134 Å². The van der Waals surface area contributed by atoms with E-state index in [-0.39, 0.29) is 18.9 Å². The highest BCUT2D eigenvalue weighted by Gasteiger charge is 2.23. The summed E-state index contributed by atoms with van der Waals surface area (Å²) in [6, 6.07) is -0.922. The number of allylic oxidation sites excluding steroid dienone is 21. The molecule has 0 heterocycles. The highest BCUT2D eigenvalue weighted by Crippen LogP contribution is 2.38. The van der Waals surface area contributed by atoms with Gasteiger partial charge in [-0.2, -0.15) is 0 Å². The Morgan fingerprint density at radius 3 is 1.13 bits per heavy atom. The fraction of sp³-hybridized carbons (Fsp3) is 0.671. The van der Waals surface area contributed by atoms with Gasteiger partial charge in [-0.25, -0.2) is 0 Å². The summed E-state index contributed by atoms with van der Waals surface area (Å²) in [6.07, 6.45) is 89.7. The Morgan fingerprint density at radius 2 is 0.772 bits per heavy atom. The molecule has 0 radical (unpaired) electrons. The van der Waals surface area contributed by atoms with Gasteiger partial charge in [0.25, 0.3) is 7.82 Å². The average Bonchev–Trinajstić information content (AvgIpc) is 3.42. The van der Waals surface area contributed by atoms with Crippen molar-refractivity contribution < 1.29 is 32.9 Å². The summed E-state index contributed by atoms with van der Waals surface area (Å²) in [5.74, 6) is -0.243. The summed E-state index contributed by atoms with van der Waals surface area (Å²) in [5, 5.41) is 13.9. The number of nitrogens with one attached hydrogen (secondary N) is 1. The first-order valence-electron chi connectivity index (χ1n) is 32.0. The lowest BCUT2D eigenvalue weighted by molar-refractivity contribution is -0.870. The van der Waals surface area contributed by atoms with Crippen molar-refractivity contribution in [1.82, 2.24) is 5.32 Å². The Bertz CT molecular complexity index is 1750. The van der Waals surface area contributed by atoms with Crippen LogP contribution in [0.5, 0.6) is 0 Å². The van der Waals surface area contributed by atoms with Gasteiger partial charge in [0.15, 0.2) is 0 Å². The lowest BCUT2D eigenvalue weighted by atomic mass is 10.0. The maximum atomic E-state index is 13.0. The van der Waals surface area contributed by atoms with Crippen LogP contribution in [0.15, 0.2) is 134 Å². The molecule has 79 heavy (non-hydrogen) atoms. The van der Waals surface area contributed by atoms with Gasteiger partial charge < -0.3 is 28.8 Å². The number of phosphoric acid groups is 1. The first-order chi connectivity index (χ1) is 38.5. The average molecular weight is 1120 g/mol. The fourth-order valence-corrected chi connectivity index (χ4v) is 9.38. The van der Waals surface area contributed by atoms with E-state index < -0.39 is 26.6 Å². The van der Waals surface area contributed by atoms with Crippen LogP contribution in [0.3, 0.4) is 0 Å². The second-order valence-corrected chi connectivity index (χ2v) is 23.8. The minimum Gasteiger partial charge on any atom is -0.756 e. The van der Waals surface area contributed by atoms with E-state index in [9.17, 15) is 19.4 Å². The van der Waals surface area contributed by atoms with E-state index in [1.165, 1.54) is 128 Å². The number of nitrogens with zero attached hydrogens (tertiary/aromatic N) is 1. The first-order valence-corrected chi connectivity index (χ1v) is 33.5. The zero-order valence-corrected chi connectivity index (χ0v) is 52.4. The van der Waals surface area contributed by atoms with Crippen molar-refractivity contribution in [3.8, 4) is 0 Å². The molecule has 9 heteroatoms. The Morgan fingerprint density at radius 1 is 0.456 bits per heavy atom. The molecule has 3 unspecified atom stereocenters. The van der Waals surface area contributed by atoms with Gasteiger partial charge in [-0.1, -0.05) is 282 Å². The third kappa shape index (κ3) is 62.1. The smallest absolute Gasteiger partial charge is 0.268 e. The molecule has 0 saturated carbocycles. The van der Waals surface area contributed by atoms with Gasteiger partial charge in [-0.05, 0) is 96.3 Å². The number of rotatable bonds is 57. The van der Waals surface area contributed by atoms with Crippen LogP contribution in [0.1, 0.15) is 251 Å². The van der Waals surface area contributed by atoms with Crippen molar-refractivity contribution in [2.45, 2.75) is 264 Å². The number of carbonyl (C=O) groups excluding carboxylic acids is 1. The molecule has 0 aromatic rings. The van der Waals surface area contributed by atoms with Crippen molar-refractivity contribution >= 4 is 13.7 Å². The van der Waals surface area contributed by atoms with Gasteiger partial charge in [0, 0.05) is 6.42 Å². The molecule has 3 atom stereocenters. The lowest BCUT2D eigenvalue weighted by Gasteiger charge is -2.29. The molecule has 0 fully saturated rings. The number of aliphatic hydroxyl groups is 1. The number of hydrogen-bond acceptors (Lipinski definition) is 6. The van der Waals surface area contributed by atoms with Crippen molar-refractivity contribution in [3.63, 3.8) is 0 Å². The number of quaternary nitrogens is 1.